The summed E-state index contributed by atoms with van der Waals surface area (Å²) in [5, 5.41) is -0.722. The zero-order valence-corrected chi connectivity index (χ0v) is 13.4. The van der Waals surface area contributed by atoms with Gasteiger partial charge in [0.25, 0.3) is 0 Å². The maximum Gasteiger partial charge on any atom is 0.224 e. The average molecular weight is 309 g/mol. The molecule has 19 heavy (non-hydrogen) atoms. The van der Waals surface area contributed by atoms with Crippen LogP contribution < -0.4 is 0 Å². The smallest absolute Gasteiger partial charge is 0.224 e. The van der Waals surface area contributed by atoms with E-state index in [4.69, 9.17) is 23.2 Å². The summed E-state index contributed by atoms with van der Waals surface area (Å²) in [4.78, 5) is 21.9. The number of carbonyl (C=O) groups is 2. The van der Waals surface area contributed by atoms with E-state index < -0.39 is 0 Å². The van der Waals surface area contributed by atoms with Gasteiger partial charge in [-0.05, 0) is 36.0 Å². The molecular weight excluding hydrogens is 283 g/mol. The van der Waals surface area contributed by atoms with E-state index in [0.717, 1.165) is 19.3 Å². The van der Waals surface area contributed by atoms with Crippen LogP contribution in [0.5, 0.6) is 0 Å². The first-order valence-electron chi connectivity index (χ1n) is 7.45. The molecule has 4 heteroatoms. The summed E-state index contributed by atoms with van der Waals surface area (Å²) in [7, 11) is 0. The summed E-state index contributed by atoms with van der Waals surface area (Å²) in [5.74, 6) is -0.204. The fraction of sp³-hybridized carbons (Fsp3) is 0.867. The minimum Gasteiger partial charge on any atom is -0.281 e. The second-order valence-electron chi connectivity index (χ2n) is 5.16. The molecule has 0 bridgehead atoms. The van der Waals surface area contributed by atoms with E-state index in [-0.39, 0.29) is 22.8 Å². The third-order valence-corrected chi connectivity index (χ3v) is 3.91. The third-order valence-electron chi connectivity index (χ3n) is 3.42. The Hall–Kier alpha value is -0.0800. The van der Waals surface area contributed by atoms with Gasteiger partial charge in [-0.3, -0.25) is 9.59 Å². The Morgan fingerprint density at radius 3 is 1.84 bits per heavy atom. The van der Waals surface area contributed by atoms with Crippen molar-refractivity contribution >= 4 is 33.7 Å². The number of halogens is 2. The SMILES string of the molecule is CCCCCCCCCCC(CCC(=O)Cl)C(=O)Cl. The summed E-state index contributed by atoms with van der Waals surface area (Å²) >= 11 is 10.8. The quantitative estimate of drug-likeness (QED) is 0.335. The molecule has 0 aromatic carbocycles. The molecule has 0 spiro atoms. The highest BCUT2D eigenvalue weighted by molar-refractivity contribution is 6.64. The molecule has 0 saturated heterocycles. The lowest BCUT2D eigenvalue weighted by Crippen LogP contribution is -2.10. The Morgan fingerprint density at radius 1 is 0.842 bits per heavy atom. The molecule has 0 fully saturated rings. The highest BCUT2D eigenvalue weighted by Crippen LogP contribution is 2.20. The third kappa shape index (κ3) is 12.7. The van der Waals surface area contributed by atoms with Gasteiger partial charge in [0.05, 0.1) is 0 Å². The highest BCUT2D eigenvalue weighted by atomic mass is 35.5. The maximum absolute atomic E-state index is 11.2. The van der Waals surface area contributed by atoms with Gasteiger partial charge in [-0.2, -0.15) is 0 Å². The standard InChI is InChI=1S/C15H26Cl2O2/c1-2-3-4-5-6-7-8-9-10-13(15(17)19)11-12-14(16)18/h13H,2-12H2,1H3. The van der Waals surface area contributed by atoms with Crippen LogP contribution in [0.3, 0.4) is 0 Å². The lowest BCUT2D eigenvalue weighted by molar-refractivity contribution is -0.116. The molecule has 0 aromatic rings. The van der Waals surface area contributed by atoms with E-state index in [0.29, 0.717) is 6.42 Å². The fourth-order valence-electron chi connectivity index (χ4n) is 2.18. The average Bonchev–Trinajstić information content (AvgIpc) is 2.35. The second kappa shape index (κ2) is 12.9. The van der Waals surface area contributed by atoms with Gasteiger partial charge in [0.15, 0.2) is 0 Å². The molecule has 0 N–H and O–H groups in total. The molecule has 0 saturated carbocycles. The molecule has 0 heterocycles. The molecule has 0 radical (unpaired) electrons. The molecule has 112 valence electrons. The van der Waals surface area contributed by atoms with Crippen molar-refractivity contribution in [3.8, 4) is 0 Å². The Morgan fingerprint density at radius 2 is 1.37 bits per heavy atom. The largest absolute Gasteiger partial charge is 0.281 e. The van der Waals surface area contributed by atoms with Crippen LogP contribution in [0.15, 0.2) is 0 Å². The van der Waals surface area contributed by atoms with Gasteiger partial charge in [-0.15, -0.1) is 0 Å². The van der Waals surface area contributed by atoms with Crippen molar-refractivity contribution in [2.45, 2.75) is 77.6 Å². The van der Waals surface area contributed by atoms with E-state index in [2.05, 4.69) is 6.92 Å². The van der Waals surface area contributed by atoms with Crippen molar-refractivity contribution < 1.29 is 9.59 Å². The minimum atomic E-state index is -0.390. The number of rotatable bonds is 13. The predicted molar refractivity (Wildman–Crippen MR) is 81.7 cm³/mol. The molecular formula is C15H26Cl2O2. The summed E-state index contributed by atoms with van der Waals surface area (Å²) in [6.45, 7) is 2.22. The second-order valence-corrected chi connectivity index (χ2v) is 5.95. The number of hydrogen-bond donors (Lipinski definition) is 0. The predicted octanol–water partition coefficient (Wildman–Crippen LogP) is 5.44. The lowest BCUT2D eigenvalue weighted by atomic mass is 9.97. The Balaban J connectivity index is 3.53. The highest BCUT2D eigenvalue weighted by Gasteiger charge is 2.16. The van der Waals surface area contributed by atoms with Crippen molar-refractivity contribution in [2.24, 2.45) is 5.92 Å². The maximum atomic E-state index is 11.2. The van der Waals surface area contributed by atoms with E-state index in [1.807, 2.05) is 0 Å². The minimum absolute atomic E-state index is 0.204. The summed E-state index contributed by atoms with van der Waals surface area (Å²) < 4.78 is 0. The number of carbonyl (C=O) groups excluding carboxylic acids is 2. The van der Waals surface area contributed by atoms with Gasteiger partial charge in [0, 0.05) is 12.3 Å². The molecule has 1 unspecified atom stereocenters. The lowest BCUT2D eigenvalue weighted by Gasteiger charge is -2.10. The molecule has 0 amide bonds. The first kappa shape index (κ1) is 18.9. The van der Waals surface area contributed by atoms with Crippen LogP contribution >= 0.6 is 23.2 Å². The molecule has 0 aliphatic rings. The monoisotopic (exact) mass is 308 g/mol. The van der Waals surface area contributed by atoms with Gasteiger partial charge >= 0.3 is 0 Å². The Labute approximate surface area is 127 Å². The number of hydrogen-bond acceptors (Lipinski definition) is 2. The van der Waals surface area contributed by atoms with Crippen molar-refractivity contribution in [2.75, 3.05) is 0 Å². The van der Waals surface area contributed by atoms with Crippen molar-refractivity contribution in [1.82, 2.24) is 0 Å². The van der Waals surface area contributed by atoms with E-state index in [1.54, 1.807) is 0 Å². The fourth-order valence-corrected chi connectivity index (χ4v) is 2.51. The summed E-state index contributed by atoms with van der Waals surface area (Å²) in [5.41, 5.74) is 0. The van der Waals surface area contributed by atoms with Gasteiger partial charge in [-0.1, -0.05) is 58.3 Å². The van der Waals surface area contributed by atoms with Gasteiger partial charge < -0.3 is 0 Å². The zero-order valence-electron chi connectivity index (χ0n) is 11.9. The van der Waals surface area contributed by atoms with Crippen LogP contribution in [0, 0.1) is 5.92 Å². The molecule has 0 aliphatic heterocycles. The summed E-state index contributed by atoms with van der Waals surface area (Å²) in [6, 6.07) is 0. The van der Waals surface area contributed by atoms with Crippen LogP contribution in [0.2, 0.25) is 0 Å². The van der Waals surface area contributed by atoms with Crippen LogP contribution in [0.25, 0.3) is 0 Å². The molecule has 2 nitrogen and oxygen atoms in total. The van der Waals surface area contributed by atoms with Crippen molar-refractivity contribution in [1.29, 1.82) is 0 Å². The van der Waals surface area contributed by atoms with Crippen LogP contribution in [-0.4, -0.2) is 10.5 Å². The number of unbranched alkanes of at least 4 members (excludes halogenated alkanes) is 7. The van der Waals surface area contributed by atoms with Crippen molar-refractivity contribution in [3.63, 3.8) is 0 Å². The first-order valence-corrected chi connectivity index (χ1v) is 8.21. The first-order chi connectivity index (χ1) is 9.07. The molecule has 1 atom stereocenters. The van der Waals surface area contributed by atoms with Gasteiger partial charge in [-0.25, -0.2) is 0 Å². The van der Waals surface area contributed by atoms with Crippen molar-refractivity contribution in [3.05, 3.63) is 0 Å². The molecule has 0 aliphatic carbocycles. The normalized spacial score (nSPS) is 12.4. The Kier molecular flexibility index (Phi) is 12.9. The summed E-state index contributed by atoms with van der Waals surface area (Å²) in [6.07, 6.45) is 11.4. The van der Waals surface area contributed by atoms with Crippen LogP contribution in [0.1, 0.15) is 77.6 Å². The van der Waals surface area contributed by atoms with E-state index >= 15 is 0 Å². The molecule has 0 rings (SSSR count). The zero-order chi connectivity index (χ0) is 14.5. The van der Waals surface area contributed by atoms with Crippen LogP contribution in [0.4, 0.5) is 0 Å². The van der Waals surface area contributed by atoms with Gasteiger partial charge in [0.2, 0.25) is 10.5 Å². The van der Waals surface area contributed by atoms with Gasteiger partial charge in [0.1, 0.15) is 0 Å². The molecule has 0 aromatic heterocycles. The van der Waals surface area contributed by atoms with E-state index in [9.17, 15) is 9.59 Å². The topological polar surface area (TPSA) is 34.1 Å². The Bertz CT molecular complexity index is 255. The van der Waals surface area contributed by atoms with Crippen LogP contribution in [-0.2, 0) is 9.59 Å². The van der Waals surface area contributed by atoms with E-state index in [1.165, 1.54) is 38.5 Å².